The number of oxime groups is 1. The molecule has 3 saturated carbocycles. The fourth-order valence-electron chi connectivity index (χ4n) is 7.43. The van der Waals surface area contributed by atoms with Gasteiger partial charge in [0, 0.05) is 18.3 Å². The molecule has 0 aliphatic heterocycles. The summed E-state index contributed by atoms with van der Waals surface area (Å²) in [7, 11) is 0. The smallest absolute Gasteiger partial charge is 0.159 e. The minimum absolute atomic E-state index is 0.0913. The number of hydrogen-bond acceptors (Lipinski definition) is 5. The van der Waals surface area contributed by atoms with E-state index in [1.807, 2.05) is 12.2 Å². The number of nitrogens with zero attached hydrogens (tertiary/aromatic N) is 1. The molecule has 0 aromatic carbocycles. The second-order valence-electron chi connectivity index (χ2n) is 10.6. The summed E-state index contributed by atoms with van der Waals surface area (Å²) in [5.74, 6) is 1.05. The first kappa shape index (κ1) is 21.8. The maximum Gasteiger partial charge on any atom is 0.159 e. The van der Waals surface area contributed by atoms with E-state index in [-0.39, 0.29) is 22.5 Å². The van der Waals surface area contributed by atoms with Crippen LogP contribution in [0.3, 0.4) is 0 Å². The number of ketones is 1. The van der Waals surface area contributed by atoms with Gasteiger partial charge in [0.25, 0.3) is 0 Å². The molecule has 166 valence electrons. The Labute approximate surface area is 180 Å². The highest BCUT2D eigenvalue weighted by Gasteiger charge is 2.60. The molecule has 0 radical (unpaired) electrons. The van der Waals surface area contributed by atoms with Crippen LogP contribution >= 0.6 is 0 Å². The standard InChI is InChI=1S/C25H37NO4/c1-5-6-11-30-26-15(2)17-7-8-18-16-12-21(27)20-13-22(28)23(29)14-25(20,4)19(16)9-10-24(17,18)3/h5,12,17-20,22-23,28-29H,1,6-11,13-14H2,2-4H3/b26-15-. The van der Waals surface area contributed by atoms with Crippen molar-refractivity contribution in [3.63, 3.8) is 0 Å². The molecule has 0 bridgehead atoms. The Morgan fingerprint density at radius 1 is 1.20 bits per heavy atom. The summed E-state index contributed by atoms with van der Waals surface area (Å²) in [4.78, 5) is 18.6. The molecule has 0 aromatic heterocycles. The van der Waals surface area contributed by atoms with E-state index < -0.39 is 12.2 Å². The topological polar surface area (TPSA) is 79.1 Å². The van der Waals surface area contributed by atoms with Crippen LogP contribution in [0.2, 0.25) is 0 Å². The monoisotopic (exact) mass is 415 g/mol. The van der Waals surface area contributed by atoms with Gasteiger partial charge >= 0.3 is 0 Å². The molecule has 3 fully saturated rings. The van der Waals surface area contributed by atoms with Gasteiger partial charge < -0.3 is 15.1 Å². The zero-order valence-electron chi connectivity index (χ0n) is 18.6. The van der Waals surface area contributed by atoms with Crippen LogP contribution in [0, 0.1) is 34.5 Å². The molecule has 4 rings (SSSR count). The van der Waals surface area contributed by atoms with E-state index in [2.05, 4.69) is 32.5 Å². The average molecular weight is 416 g/mol. The lowest BCUT2D eigenvalue weighted by molar-refractivity contribution is -0.142. The first-order chi connectivity index (χ1) is 14.2. The van der Waals surface area contributed by atoms with Crippen molar-refractivity contribution in [2.24, 2.45) is 39.7 Å². The molecule has 2 N–H and O–H groups in total. The second-order valence-corrected chi connectivity index (χ2v) is 10.6. The summed E-state index contributed by atoms with van der Waals surface area (Å²) in [5.41, 5.74) is 2.20. The van der Waals surface area contributed by atoms with Gasteiger partial charge in [0.2, 0.25) is 0 Å². The fraction of sp³-hybridized carbons (Fsp3) is 0.760. The molecule has 0 amide bonds. The van der Waals surface area contributed by atoms with E-state index in [1.165, 1.54) is 5.57 Å². The summed E-state index contributed by atoms with van der Waals surface area (Å²) in [6.07, 6.45) is 8.20. The van der Waals surface area contributed by atoms with E-state index in [9.17, 15) is 15.0 Å². The number of carbonyl (C=O) groups excluding carboxylic acids is 1. The van der Waals surface area contributed by atoms with Gasteiger partial charge in [-0.1, -0.05) is 30.7 Å². The van der Waals surface area contributed by atoms with Gasteiger partial charge in [0.1, 0.15) is 6.61 Å². The van der Waals surface area contributed by atoms with Gasteiger partial charge in [-0.05, 0) is 74.2 Å². The Morgan fingerprint density at radius 2 is 1.93 bits per heavy atom. The normalized spacial score (nSPS) is 45.8. The first-order valence-electron chi connectivity index (χ1n) is 11.6. The summed E-state index contributed by atoms with van der Waals surface area (Å²) >= 11 is 0. The Kier molecular flexibility index (Phi) is 5.73. The summed E-state index contributed by atoms with van der Waals surface area (Å²) in [6, 6.07) is 0. The van der Waals surface area contributed by atoms with Crippen molar-refractivity contribution < 1.29 is 19.8 Å². The lowest BCUT2D eigenvalue weighted by Crippen LogP contribution is -2.55. The van der Waals surface area contributed by atoms with Gasteiger partial charge in [-0.3, -0.25) is 4.79 Å². The number of aliphatic hydroxyl groups is 2. The molecule has 30 heavy (non-hydrogen) atoms. The fourth-order valence-corrected chi connectivity index (χ4v) is 7.43. The van der Waals surface area contributed by atoms with Gasteiger partial charge in [0.15, 0.2) is 5.78 Å². The molecular formula is C25H37NO4. The zero-order chi connectivity index (χ0) is 21.7. The van der Waals surface area contributed by atoms with Gasteiger partial charge in [0.05, 0.1) is 17.9 Å². The van der Waals surface area contributed by atoms with Gasteiger partial charge in [-0.25, -0.2) is 0 Å². The highest BCUT2D eigenvalue weighted by atomic mass is 16.6. The third kappa shape index (κ3) is 3.29. The zero-order valence-corrected chi connectivity index (χ0v) is 18.6. The summed E-state index contributed by atoms with van der Waals surface area (Å²) in [5, 5.41) is 25.0. The maximum atomic E-state index is 13.1. The van der Waals surface area contributed by atoms with E-state index in [1.54, 1.807) is 0 Å². The van der Waals surface area contributed by atoms with Crippen LogP contribution in [-0.2, 0) is 9.63 Å². The molecule has 0 spiro atoms. The van der Waals surface area contributed by atoms with Crippen molar-refractivity contribution in [1.82, 2.24) is 0 Å². The lowest BCUT2D eigenvalue weighted by atomic mass is 9.47. The van der Waals surface area contributed by atoms with Crippen LogP contribution in [0.5, 0.6) is 0 Å². The molecule has 0 heterocycles. The average Bonchev–Trinajstić information content (AvgIpc) is 3.05. The lowest BCUT2D eigenvalue weighted by Gasteiger charge is -2.57. The largest absolute Gasteiger partial charge is 0.396 e. The molecule has 0 saturated heterocycles. The first-order valence-corrected chi connectivity index (χ1v) is 11.6. The molecule has 0 aromatic rings. The van der Waals surface area contributed by atoms with E-state index >= 15 is 0 Å². The van der Waals surface area contributed by atoms with Crippen molar-refractivity contribution in [3.8, 4) is 0 Å². The van der Waals surface area contributed by atoms with Crippen molar-refractivity contribution in [2.45, 2.75) is 77.9 Å². The van der Waals surface area contributed by atoms with E-state index in [0.29, 0.717) is 37.2 Å². The Bertz CT molecular complexity index is 773. The predicted molar refractivity (Wildman–Crippen MR) is 117 cm³/mol. The second kappa shape index (κ2) is 7.90. The number of rotatable bonds is 5. The number of hydrogen-bond donors (Lipinski definition) is 2. The molecule has 8 unspecified atom stereocenters. The quantitative estimate of drug-likeness (QED) is 0.307. The minimum Gasteiger partial charge on any atom is -0.396 e. The van der Waals surface area contributed by atoms with Crippen molar-refractivity contribution in [3.05, 3.63) is 24.3 Å². The molecule has 8 atom stereocenters. The SMILES string of the molecule is C=CCCO/N=C(/C)C1CCC2C3=CC(=O)C4CC(O)C(O)CC4(C)C3CCC21C. The van der Waals surface area contributed by atoms with Crippen molar-refractivity contribution in [2.75, 3.05) is 6.61 Å². The minimum atomic E-state index is -0.786. The van der Waals surface area contributed by atoms with Crippen LogP contribution < -0.4 is 0 Å². The molecule has 5 nitrogen and oxygen atoms in total. The predicted octanol–water partition coefficient (Wildman–Crippen LogP) is 4.04. The molecule has 5 heteroatoms. The summed E-state index contributed by atoms with van der Waals surface area (Å²) in [6.45, 7) is 10.9. The number of allylic oxidation sites excluding steroid dienone is 2. The number of fused-ring (bicyclic) bond motifs is 5. The van der Waals surface area contributed by atoms with Gasteiger partial charge in [-0.15, -0.1) is 6.58 Å². The number of carbonyl (C=O) groups is 1. The van der Waals surface area contributed by atoms with Crippen molar-refractivity contribution in [1.29, 1.82) is 0 Å². The maximum absolute atomic E-state index is 13.1. The Balaban J connectivity index is 1.60. The van der Waals surface area contributed by atoms with Crippen LogP contribution in [0.15, 0.2) is 29.5 Å². The van der Waals surface area contributed by atoms with E-state index in [0.717, 1.165) is 37.8 Å². The van der Waals surface area contributed by atoms with Crippen LogP contribution in [-0.4, -0.2) is 40.5 Å². The molecule has 4 aliphatic carbocycles. The van der Waals surface area contributed by atoms with E-state index in [4.69, 9.17) is 4.84 Å². The molecular weight excluding hydrogens is 378 g/mol. The highest BCUT2D eigenvalue weighted by molar-refractivity contribution is 5.95. The summed E-state index contributed by atoms with van der Waals surface area (Å²) < 4.78 is 0. The van der Waals surface area contributed by atoms with Gasteiger partial charge in [-0.2, -0.15) is 0 Å². The third-order valence-corrected chi connectivity index (χ3v) is 9.05. The van der Waals surface area contributed by atoms with Crippen molar-refractivity contribution >= 4 is 11.5 Å². The highest BCUT2D eigenvalue weighted by Crippen LogP contribution is 2.65. The van der Waals surface area contributed by atoms with Crippen LogP contribution in [0.1, 0.15) is 65.7 Å². The Morgan fingerprint density at radius 3 is 2.67 bits per heavy atom. The Hall–Kier alpha value is -1.46. The molecule has 4 aliphatic rings. The number of aliphatic hydroxyl groups excluding tert-OH is 2. The van der Waals surface area contributed by atoms with Crippen LogP contribution in [0.4, 0.5) is 0 Å². The van der Waals surface area contributed by atoms with Crippen LogP contribution in [0.25, 0.3) is 0 Å². The third-order valence-electron chi connectivity index (χ3n) is 9.05.